The molecule has 18 heavy (non-hydrogen) atoms. The molecule has 0 atom stereocenters. The van der Waals surface area contributed by atoms with Crippen molar-refractivity contribution in [1.29, 1.82) is 0 Å². The minimum absolute atomic E-state index is 0.343. The lowest BCUT2D eigenvalue weighted by atomic mass is 10.2. The van der Waals surface area contributed by atoms with Gasteiger partial charge in [-0.2, -0.15) is 0 Å². The molecule has 0 saturated heterocycles. The van der Waals surface area contributed by atoms with Gasteiger partial charge in [0.25, 0.3) is 0 Å². The van der Waals surface area contributed by atoms with Crippen molar-refractivity contribution in [3.63, 3.8) is 0 Å². The molecule has 1 heterocycles. The van der Waals surface area contributed by atoms with E-state index in [1.165, 1.54) is 0 Å². The first-order valence-corrected chi connectivity index (χ1v) is 6.88. The molecule has 0 aliphatic carbocycles. The molecule has 1 aromatic rings. The van der Waals surface area contributed by atoms with Crippen molar-refractivity contribution in [3.8, 4) is 5.75 Å². The van der Waals surface area contributed by atoms with Gasteiger partial charge < -0.3 is 10.1 Å². The number of hydrogen-bond donors (Lipinski definition) is 1. The third kappa shape index (κ3) is 4.61. The summed E-state index contributed by atoms with van der Waals surface area (Å²) < 4.78 is 5.69. The molecular formula is C14H25N3O. The van der Waals surface area contributed by atoms with Gasteiger partial charge >= 0.3 is 0 Å². The van der Waals surface area contributed by atoms with Crippen LogP contribution < -0.4 is 10.1 Å². The summed E-state index contributed by atoms with van der Waals surface area (Å²) in [5, 5.41) is 3.36. The monoisotopic (exact) mass is 251 g/mol. The van der Waals surface area contributed by atoms with Crippen LogP contribution >= 0.6 is 0 Å². The quantitative estimate of drug-likeness (QED) is 0.722. The van der Waals surface area contributed by atoms with E-state index in [9.17, 15) is 0 Å². The second-order valence-electron chi connectivity index (χ2n) is 4.72. The van der Waals surface area contributed by atoms with E-state index in [0.29, 0.717) is 12.5 Å². The van der Waals surface area contributed by atoms with E-state index in [-0.39, 0.29) is 0 Å². The molecule has 4 heteroatoms. The highest BCUT2D eigenvalue weighted by atomic mass is 16.5. The van der Waals surface area contributed by atoms with Crippen LogP contribution in [-0.4, -0.2) is 23.1 Å². The van der Waals surface area contributed by atoms with Gasteiger partial charge in [-0.25, -0.2) is 9.97 Å². The minimum Gasteiger partial charge on any atom is -0.490 e. The van der Waals surface area contributed by atoms with Crippen molar-refractivity contribution in [1.82, 2.24) is 15.3 Å². The van der Waals surface area contributed by atoms with E-state index in [1.54, 1.807) is 6.20 Å². The molecule has 0 aromatic carbocycles. The fraction of sp³-hybridized carbons (Fsp3) is 0.714. The van der Waals surface area contributed by atoms with E-state index >= 15 is 0 Å². The maximum Gasteiger partial charge on any atom is 0.160 e. The van der Waals surface area contributed by atoms with Crippen LogP contribution in [0.5, 0.6) is 5.75 Å². The average Bonchev–Trinajstić information content (AvgIpc) is 2.37. The predicted molar refractivity (Wildman–Crippen MR) is 73.9 cm³/mol. The number of hydrogen-bond acceptors (Lipinski definition) is 4. The average molecular weight is 251 g/mol. The Morgan fingerprint density at radius 3 is 2.67 bits per heavy atom. The highest BCUT2D eigenvalue weighted by Crippen LogP contribution is 2.18. The number of rotatable bonds is 8. The van der Waals surface area contributed by atoms with E-state index in [0.717, 1.165) is 43.2 Å². The van der Waals surface area contributed by atoms with Crippen LogP contribution in [0.1, 0.15) is 58.0 Å². The minimum atomic E-state index is 0.343. The molecule has 0 spiro atoms. The van der Waals surface area contributed by atoms with Crippen LogP contribution in [0.2, 0.25) is 0 Å². The van der Waals surface area contributed by atoms with Crippen molar-refractivity contribution in [2.75, 3.05) is 13.2 Å². The second kappa shape index (κ2) is 8.03. The number of nitrogens with one attached hydrogen (secondary N) is 1. The van der Waals surface area contributed by atoms with Crippen molar-refractivity contribution < 1.29 is 4.74 Å². The number of ether oxygens (including phenoxy) is 1. The Morgan fingerprint density at radius 2 is 2.06 bits per heavy atom. The molecule has 0 fully saturated rings. The normalized spacial score (nSPS) is 10.9. The first-order valence-electron chi connectivity index (χ1n) is 6.88. The Kier molecular flexibility index (Phi) is 6.65. The maximum absolute atomic E-state index is 5.69. The van der Waals surface area contributed by atoms with Gasteiger partial charge in [0.15, 0.2) is 5.75 Å². The molecule has 1 rings (SSSR count). The highest BCUT2D eigenvalue weighted by molar-refractivity contribution is 5.25. The lowest BCUT2D eigenvalue weighted by Gasteiger charge is -2.13. The summed E-state index contributed by atoms with van der Waals surface area (Å²) in [7, 11) is 0. The number of aromatic nitrogens is 2. The van der Waals surface area contributed by atoms with Crippen LogP contribution in [0.25, 0.3) is 0 Å². The Labute approximate surface area is 110 Å². The smallest absolute Gasteiger partial charge is 0.160 e. The summed E-state index contributed by atoms with van der Waals surface area (Å²) in [4.78, 5) is 8.95. The lowest BCUT2D eigenvalue weighted by molar-refractivity contribution is 0.309. The molecule has 0 unspecified atom stereocenters. The summed E-state index contributed by atoms with van der Waals surface area (Å²) in [5.41, 5.74) is 0.968. The van der Waals surface area contributed by atoms with Gasteiger partial charge in [-0.15, -0.1) is 0 Å². The molecule has 1 N–H and O–H groups in total. The molecule has 0 bridgehead atoms. The van der Waals surface area contributed by atoms with E-state index in [4.69, 9.17) is 4.74 Å². The van der Waals surface area contributed by atoms with Gasteiger partial charge in [-0.1, -0.05) is 27.7 Å². The van der Waals surface area contributed by atoms with Gasteiger partial charge in [-0.05, 0) is 19.4 Å². The SMILES string of the molecule is CCCNCc1nc(C(C)C)ncc1OCCC. The van der Waals surface area contributed by atoms with E-state index in [2.05, 4.69) is 43.0 Å². The first-order chi connectivity index (χ1) is 8.69. The zero-order valence-electron chi connectivity index (χ0n) is 12.0. The Bertz CT molecular complexity index is 353. The van der Waals surface area contributed by atoms with Crippen LogP contribution in [0.15, 0.2) is 6.20 Å². The number of nitrogens with zero attached hydrogens (tertiary/aromatic N) is 2. The van der Waals surface area contributed by atoms with Crippen LogP contribution in [-0.2, 0) is 6.54 Å². The molecule has 1 aromatic heterocycles. The van der Waals surface area contributed by atoms with Crippen LogP contribution in [0.4, 0.5) is 0 Å². The molecule has 4 nitrogen and oxygen atoms in total. The Hall–Kier alpha value is -1.16. The van der Waals surface area contributed by atoms with Gasteiger partial charge in [0.05, 0.1) is 18.5 Å². The fourth-order valence-electron chi connectivity index (χ4n) is 1.54. The molecule has 0 aliphatic heterocycles. The van der Waals surface area contributed by atoms with Crippen molar-refractivity contribution >= 4 is 0 Å². The topological polar surface area (TPSA) is 47.0 Å². The van der Waals surface area contributed by atoms with Gasteiger partial charge in [-0.3, -0.25) is 0 Å². The zero-order valence-corrected chi connectivity index (χ0v) is 12.0. The summed E-state index contributed by atoms with van der Waals surface area (Å²) >= 11 is 0. The summed E-state index contributed by atoms with van der Waals surface area (Å²) in [6.07, 6.45) is 3.92. The maximum atomic E-state index is 5.69. The second-order valence-corrected chi connectivity index (χ2v) is 4.72. The Balaban J connectivity index is 2.80. The van der Waals surface area contributed by atoms with Gasteiger partial charge in [0.1, 0.15) is 5.82 Å². The van der Waals surface area contributed by atoms with Crippen LogP contribution in [0, 0.1) is 0 Å². The Morgan fingerprint density at radius 1 is 1.28 bits per heavy atom. The summed E-state index contributed by atoms with van der Waals surface area (Å²) in [6.45, 7) is 10.9. The predicted octanol–water partition coefficient (Wildman–Crippen LogP) is 2.89. The molecular weight excluding hydrogens is 226 g/mol. The molecule has 102 valence electrons. The first kappa shape index (κ1) is 14.9. The van der Waals surface area contributed by atoms with E-state index < -0.39 is 0 Å². The van der Waals surface area contributed by atoms with Gasteiger partial charge in [0.2, 0.25) is 0 Å². The standard InChI is InChI=1S/C14H25N3O/c1-5-7-15-9-12-13(18-8-6-2)10-16-14(17-12)11(3)4/h10-11,15H,5-9H2,1-4H3. The van der Waals surface area contributed by atoms with E-state index in [1.807, 2.05) is 0 Å². The molecule has 0 aliphatic rings. The molecule has 0 radical (unpaired) electrons. The zero-order chi connectivity index (χ0) is 13.4. The summed E-state index contributed by atoms with van der Waals surface area (Å²) in [6, 6.07) is 0. The summed E-state index contributed by atoms with van der Waals surface area (Å²) in [5.74, 6) is 2.03. The van der Waals surface area contributed by atoms with Gasteiger partial charge in [0, 0.05) is 12.5 Å². The largest absolute Gasteiger partial charge is 0.490 e. The lowest BCUT2D eigenvalue weighted by Crippen LogP contribution is -2.17. The molecule has 0 amide bonds. The third-order valence-electron chi connectivity index (χ3n) is 2.55. The van der Waals surface area contributed by atoms with Crippen molar-refractivity contribution in [2.24, 2.45) is 0 Å². The third-order valence-corrected chi connectivity index (χ3v) is 2.55. The fourth-order valence-corrected chi connectivity index (χ4v) is 1.54. The van der Waals surface area contributed by atoms with Crippen molar-refractivity contribution in [3.05, 3.63) is 17.7 Å². The molecule has 0 saturated carbocycles. The highest BCUT2D eigenvalue weighted by Gasteiger charge is 2.10. The van der Waals surface area contributed by atoms with Crippen molar-refractivity contribution in [2.45, 2.75) is 53.0 Å². The van der Waals surface area contributed by atoms with Crippen LogP contribution in [0.3, 0.4) is 0 Å².